The Bertz CT molecular complexity index is 635. The lowest BCUT2D eigenvalue weighted by Crippen LogP contribution is -1.99. The van der Waals surface area contributed by atoms with Gasteiger partial charge in [-0.3, -0.25) is 0 Å². The van der Waals surface area contributed by atoms with Crippen LogP contribution in [0.1, 0.15) is 11.1 Å². The molecule has 0 spiro atoms. The maximum absolute atomic E-state index is 11.1. The molecule has 4 nitrogen and oxygen atoms in total. The number of nitriles is 1. The first kappa shape index (κ1) is 9.28. The van der Waals surface area contributed by atoms with Gasteiger partial charge in [0, 0.05) is 11.5 Å². The average molecular weight is 201 g/mol. The summed E-state index contributed by atoms with van der Waals surface area (Å²) in [6.07, 6.45) is 0. The van der Waals surface area contributed by atoms with Gasteiger partial charge >= 0.3 is 5.63 Å². The second-order valence-corrected chi connectivity index (χ2v) is 3.20. The predicted octanol–water partition coefficient (Wildman–Crippen LogP) is 1.68. The summed E-state index contributed by atoms with van der Waals surface area (Å²) in [7, 11) is 0. The van der Waals surface area contributed by atoms with E-state index in [9.17, 15) is 9.90 Å². The Balaban J connectivity index is 3.06. The van der Waals surface area contributed by atoms with Crippen LogP contribution in [-0.4, -0.2) is 5.11 Å². The summed E-state index contributed by atoms with van der Waals surface area (Å²) in [5.41, 5.74) is 0.329. The molecule has 2 rings (SSSR count). The predicted molar refractivity (Wildman–Crippen MR) is 53.6 cm³/mol. The minimum absolute atomic E-state index is 0.00620. The molecule has 0 saturated heterocycles. The number of rotatable bonds is 0. The van der Waals surface area contributed by atoms with Gasteiger partial charge in [0.25, 0.3) is 0 Å². The van der Waals surface area contributed by atoms with Crippen LogP contribution in [0.15, 0.2) is 27.4 Å². The molecule has 15 heavy (non-hydrogen) atoms. The van der Waals surface area contributed by atoms with Crippen molar-refractivity contribution in [3.63, 3.8) is 0 Å². The number of aromatic hydroxyl groups is 1. The minimum Gasteiger partial charge on any atom is -0.506 e. The second-order valence-electron chi connectivity index (χ2n) is 3.20. The molecular formula is C11H7NO3. The zero-order chi connectivity index (χ0) is 11.0. The molecule has 0 fully saturated rings. The molecule has 1 heterocycles. The van der Waals surface area contributed by atoms with E-state index in [0.717, 1.165) is 5.56 Å². The monoisotopic (exact) mass is 201 g/mol. The van der Waals surface area contributed by atoms with Crippen molar-refractivity contribution in [3.8, 4) is 11.8 Å². The quantitative estimate of drug-likeness (QED) is 0.658. The van der Waals surface area contributed by atoms with Gasteiger partial charge in [0.15, 0.2) is 5.58 Å². The molecule has 4 heteroatoms. The maximum Gasteiger partial charge on any atom is 0.336 e. The number of benzene rings is 1. The average Bonchev–Trinajstić information content (AvgIpc) is 2.17. The van der Waals surface area contributed by atoms with E-state index in [-0.39, 0.29) is 16.9 Å². The van der Waals surface area contributed by atoms with Crippen LogP contribution in [0.2, 0.25) is 0 Å². The molecule has 0 aliphatic carbocycles. The molecule has 1 aromatic heterocycles. The third-order valence-corrected chi connectivity index (χ3v) is 2.21. The molecule has 0 aliphatic heterocycles. The third-order valence-electron chi connectivity index (χ3n) is 2.21. The summed E-state index contributed by atoms with van der Waals surface area (Å²) in [5.74, 6) is -0.182. The summed E-state index contributed by atoms with van der Waals surface area (Å²) in [4.78, 5) is 11.1. The van der Waals surface area contributed by atoms with Crippen LogP contribution in [-0.2, 0) is 0 Å². The number of phenols is 1. The summed E-state index contributed by atoms with van der Waals surface area (Å²) < 4.78 is 4.91. The van der Waals surface area contributed by atoms with Crippen LogP contribution in [0.3, 0.4) is 0 Å². The standard InChI is InChI=1S/C11H7NO3/c1-6-4-10(14)15-11-7(6)2-3-9(13)8(11)5-12/h2-4,13H,1H3. The second kappa shape index (κ2) is 3.14. The number of phenolic OH excluding ortho intramolecular Hbond substituents is 1. The molecule has 1 N–H and O–H groups in total. The van der Waals surface area contributed by atoms with Crippen molar-refractivity contribution < 1.29 is 9.52 Å². The van der Waals surface area contributed by atoms with Crippen molar-refractivity contribution in [1.29, 1.82) is 5.26 Å². The fourth-order valence-corrected chi connectivity index (χ4v) is 1.48. The Labute approximate surface area is 85.0 Å². The first-order valence-electron chi connectivity index (χ1n) is 4.30. The molecule has 0 amide bonds. The SMILES string of the molecule is Cc1cc(=O)oc2c(C#N)c(O)ccc12. The van der Waals surface area contributed by atoms with E-state index < -0.39 is 5.63 Å². The van der Waals surface area contributed by atoms with Crippen LogP contribution < -0.4 is 5.63 Å². The number of hydrogen-bond acceptors (Lipinski definition) is 4. The Morgan fingerprint density at radius 1 is 1.47 bits per heavy atom. The lowest BCUT2D eigenvalue weighted by molar-refractivity contribution is 0.471. The van der Waals surface area contributed by atoms with Crippen LogP contribution in [0, 0.1) is 18.3 Å². The highest BCUT2D eigenvalue weighted by Gasteiger charge is 2.10. The van der Waals surface area contributed by atoms with Crippen molar-refractivity contribution in [1.82, 2.24) is 0 Å². The molecule has 0 atom stereocenters. The summed E-state index contributed by atoms with van der Waals surface area (Å²) in [5, 5.41) is 18.9. The lowest BCUT2D eigenvalue weighted by Gasteiger charge is -2.02. The van der Waals surface area contributed by atoms with Gasteiger partial charge in [-0.25, -0.2) is 4.79 Å². The maximum atomic E-state index is 11.1. The molecule has 0 bridgehead atoms. The van der Waals surface area contributed by atoms with E-state index in [1.807, 2.05) is 6.07 Å². The van der Waals surface area contributed by atoms with E-state index in [1.54, 1.807) is 13.0 Å². The Kier molecular flexibility index (Phi) is 1.94. The van der Waals surface area contributed by atoms with Gasteiger partial charge in [-0.2, -0.15) is 5.26 Å². The largest absolute Gasteiger partial charge is 0.506 e. The Morgan fingerprint density at radius 3 is 2.87 bits per heavy atom. The highest BCUT2D eigenvalue weighted by molar-refractivity contribution is 5.87. The normalized spacial score (nSPS) is 10.1. The molecule has 0 radical (unpaired) electrons. The molecular weight excluding hydrogens is 194 g/mol. The van der Waals surface area contributed by atoms with Gasteiger partial charge in [0.1, 0.15) is 17.4 Å². The summed E-state index contributed by atoms with van der Waals surface area (Å²) in [6, 6.07) is 6.18. The highest BCUT2D eigenvalue weighted by atomic mass is 16.4. The van der Waals surface area contributed by atoms with E-state index in [0.29, 0.717) is 5.39 Å². The van der Waals surface area contributed by atoms with Gasteiger partial charge < -0.3 is 9.52 Å². The summed E-state index contributed by atoms with van der Waals surface area (Å²) in [6.45, 7) is 1.75. The van der Waals surface area contributed by atoms with Crippen LogP contribution in [0.5, 0.6) is 5.75 Å². The molecule has 2 aromatic rings. The fraction of sp³-hybridized carbons (Fsp3) is 0.0909. The van der Waals surface area contributed by atoms with Gasteiger partial charge in [-0.15, -0.1) is 0 Å². The van der Waals surface area contributed by atoms with E-state index in [1.165, 1.54) is 12.1 Å². The van der Waals surface area contributed by atoms with Crippen molar-refractivity contribution >= 4 is 11.0 Å². The number of fused-ring (bicyclic) bond motifs is 1. The number of aryl methyl sites for hydroxylation is 1. The molecule has 1 aromatic carbocycles. The van der Waals surface area contributed by atoms with Crippen LogP contribution in [0.4, 0.5) is 0 Å². The zero-order valence-corrected chi connectivity index (χ0v) is 7.94. The lowest BCUT2D eigenvalue weighted by atomic mass is 10.1. The molecule has 0 unspecified atom stereocenters. The number of hydrogen-bond donors (Lipinski definition) is 1. The topological polar surface area (TPSA) is 74.2 Å². The van der Waals surface area contributed by atoms with Gasteiger partial charge in [-0.1, -0.05) is 0 Å². The van der Waals surface area contributed by atoms with Crippen molar-refractivity contribution in [2.24, 2.45) is 0 Å². The molecule has 0 saturated carbocycles. The first-order chi connectivity index (χ1) is 7.13. The molecule has 0 aliphatic rings. The molecule has 74 valence electrons. The van der Waals surface area contributed by atoms with Crippen molar-refractivity contribution in [2.45, 2.75) is 6.92 Å². The Morgan fingerprint density at radius 2 is 2.20 bits per heavy atom. The van der Waals surface area contributed by atoms with Gasteiger partial charge in [-0.05, 0) is 24.6 Å². The first-order valence-corrected chi connectivity index (χ1v) is 4.30. The number of nitrogens with zero attached hydrogens (tertiary/aromatic N) is 1. The van der Waals surface area contributed by atoms with Crippen molar-refractivity contribution in [3.05, 3.63) is 39.7 Å². The third kappa shape index (κ3) is 1.34. The van der Waals surface area contributed by atoms with Gasteiger partial charge in [0.05, 0.1) is 0 Å². The Hall–Kier alpha value is -2.28. The van der Waals surface area contributed by atoms with Gasteiger partial charge in [0.2, 0.25) is 0 Å². The summed E-state index contributed by atoms with van der Waals surface area (Å²) >= 11 is 0. The highest BCUT2D eigenvalue weighted by Crippen LogP contribution is 2.26. The van der Waals surface area contributed by atoms with Crippen LogP contribution in [0.25, 0.3) is 11.0 Å². The van der Waals surface area contributed by atoms with Crippen molar-refractivity contribution in [2.75, 3.05) is 0 Å². The minimum atomic E-state index is -0.526. The van der Waals surface area contributed by atoms with E-state index in [2.05, 4.69) is 0 Å². The van der Waals surface area contributed by atoms with E-state index in [4.69, 9.17) is 9.68 Å². The smallest absolute Gasteiger partial charge is 0.336 e. The zero-order valence-electron chi connectivity index (χ0n) is 7.94. The van der Waals surface area contributed by atoms with E-state index >= 15 is 0 Å². The fourth-order valence-electron chi connectivity index (χ4n) is 1.48. The van der Waals surface area contributed by atoms with Crippen LogP contribution >= 0.6 is 0 Å².